The highest BCUT2D eigenvalue weighted by molar-refractivity contribution is 6.31. The fraction of sp³-hybridized carbons (Fsp3) is 0.429. The summed E-state index contributed by atoms with van der Waals surface area (Å²) in [5.41, 5.74) is 2.64. The summed E-state index contributed by atoms with van der Waals surface area (Å²) >= 11 is 6.18. The summed E-state index contributed by atoms with van der Waals surface area (Å²) in [5, 5.41) is 4.98. The topological polar surface area (TPSA) is 90.7 Å². The first-order chi connectivity index (χ1) is 14.3. The van der Waals surface area contributed by atoms with Crippen LogP contribution in [0, 0.1) is 19.8 Å². The van der Waals surface area contributed by atoms with Crippen LogP contribution in [0.3, 0.4) is 0 Å². The maximum Gasteiger partial charge on any atom is 0.338 e. The molecule has 160 valence electrons. The van der Waals surface area contributed by atoms with Crippen LogP contribution in [0.5, 0.6) is 0 Å². The van der Waals surface area contributed by atoms with Crippen LogP contribution in [0.15, 0.2) is 24.3 Å². The van der Waals surface area contributed by atoms with Gasteiger partial charge in [0.15, 0.2) is 6.61 Å². The van der Waals surface area contributed by atoms with Gasteiger partial charge in [0.25, 0.3) is 5.91 Å². The zero-order valence-electron chi connectivity index (χ0n) is 17.2. The molecule has 2 aromatic rings. The molecule has 0 atom stereocenters. The van der Waals surface area contributed by atoms with Crippen LogP contribution >= 0.6 is 11.6 Å². The number of halogens is 1. The SMILES string of the molecule is COC(=O)C1CCN(C(=O)COC(=O)c2ccc(-n3nc(C)c(Cl)c3C)cc2)CC1. The minimum Gasteiger partial charge on any atom is -0.469 e. The van der Waals surface area contributed by atoms with E-state index in [4.69, 9.17) is 21.1 Å². The number of esters is 2. The number of rotatable bonds is 5. The van der Waals surface area contributed by atoms with E-state index in [1.54, 1.807) is 33.8 Å². The predicted octanol–water partition coefficient (Wildman–Crippen LogP) is 2.71. The molecule has 0 bridgehead atoms. The molecule has 0 spiro atoms. The van der Waals surface area contributed by atoms with Crippen LogP contribution in [0.4, 0.5) is 0 Å². The molecule has 30 heavy (non-hydrogen) atoms. The summed E-state index contributed by atoms with van der Waals surface area (Å²) in [7, 11) is 1.36. The Morgan fingerprint density at radius 3 is 2.30 bits per heavy atom. The number of piperidine rings is 1. The molecule has 0 radical (unpaired) electrons. The van der Waals surface area contributed by atoms with Gasteiger partial charge in [0, 0.05) is 13.1 Å². The Labute approximate surface area is 179 Å². The summed E-state index contributed by atoms with van der Waals surface area (Å²) in [4.78, 5) is 37.7. The summed E-state index contributed by atoms with van der Waals surface area (Å²) in [6.45, 7) is 4.24. The van der Waals surface area contributed by atoms with Crippen molar-refractivity contribution < 1.29 is 23.9 Å². The monoisotopic (exact) mass is 433 g/mol. The van der Waals surface area contributed by atoms with Gasteiger partial charge in [-0.1, -0.05) is 11.6 Å². The number of aryl methyl sites for hydroxylation is 1. The van der Waals surface area contributed by atoms with Crippen LogP contribution < -0.4 is 0 Å². The minimum atomic E-state index is -0.578. The van der Waals surface area contributed by atoms with E-state index in [0.717, 1.165) is 17.1 Å². The zero-order valence-corrected chi connectivity index (χ0v) is 17.9. The van der Waals surface area contributed by atoms with E-state index in [9.17, 15) is 14.4 Å². The first-order valence-corrected chi connectivity index (χ1v) is 10.0. The van der Waals surface area contributed by atoms with Crippen molar-refractivity contribution in [1.82, 2.24) is 14.7 Å². The molecule has 1 aliphatic rings. The normalized spacial score (nSPS) is 14.5. The lowest BCUT2D eigenvalue weighted by Crippen LogP contribution is -2.42. The third kappa shape index (κ3) is 4.64. The van der Waals surface area contributed by atoms with Gasteiger partial charge in [0.1, 0.15) is 0 Å². The quantitative estimate of drug-likeness (QED) is 0.673. The van der Waals surface area contributed by atoms with Crippen LogP contribution in [0.25, 0.3) is 5.69 Å². The van der Waals surface area contributed by atoms with Crippen molar-refractivity contribution in [2.45, 2.75) is 26.7 Å². The van der Waals surface area contributed by atoms with Crippen LogP contribution in [-0.2, 0) is 19.1 Å². The zero-order chi connectivity index (χ0) is 21.8. The van der Waals surface area contributed by atoms with Gasteiger partial charge in [-0.15, -0.1) is 0 Å². The Morgan fingerprint density at radius 2 is 1.77 bits per heavy atom. The third-order valence-electron chi connectivity index (χ3n) is 5.26. The highest BCUT2D eigenvalue weighted by Gasteiger charge is 2.28. The van der Waals surface area contributed by atoms with Gasteiger partial charge in [0.05, 0.1) is 40.7 Å². The van der Waals surface area contributed by atoms with Gasteiger partial charge in [-0.25, -0.2) is 9.48 Å². The van der Waals surface area contributed by atoms with E-state index < -0.39 is 5.97 Å². The molecule has 8 nitrogen and oxygen atoms in total. The van der Waals surface area contributed by atoms with Gasteiger partial charge in [-0.05, 0) is 51.0 Å². The molecule has 1 amide bonds. The summed E-state index contributed by atoms with van der Waals surface area (Å²) in [6, 6.07) is 6.72. The lowest BCUT2D eigenvalue weighted by atomic mass is 9.97. The molecule has 0 saturated carbocycles. The fourth-order valence-corrected chi connectivity index (χ4v) is 3.56. The Morgan fingerprint density at radius 1 is 1.13 bits per heavy atom. The predicted molar refractivity (Wildman–Crippen MR) is 110 cm³/mol. The van der Waals surface area contributed by atoms with Gasteiger partial charge >= 0.3 is 11.9 Å². The number of nitrogens with zero attached hydrogens (tertiary/aromatic N) is 3. The third-order valence-corrected chi connectivity index (χ3v) is 5.81. The molecule has 1 aromatic carbocycles. The van der Waals surface area contributed by atoms with Gasteiger partial charge < -0.3 is 14.4 Å². The molecule has 0 aliphatic carbocycles. The number of benzene rings is 1. The first-order valence-electron chi connectivity index (χ1n) is 9.66. The van der Waals surface area contributed by atoms with Crippen LogP contribution in [0.1, 0.15) is 34.6 Å². The molecular weight excluding hydrogens is 410 g/mol. The molecule has 1 fully saturated rings. The van der Waals surface area contributed by atoms with Crippen molar-refractivity contribution in [1.29, 1.82) is 0 Å². The Balaban J connectivity index is 1.53. The standard InChI is InChI=1S/C21H24ClN3O5/c1-13-19(22)14(2)25(23-13)17-6-4-15(5-7-17)21(28)30-12-18(26)24-10-8-16(9-11-24)20(27)29-3/h4-7,16H,8-12H2,1-3H3. The van der Waals surface area contributed by atoms with E-state index >= 15 is 0 Å². The van der Waals surface area contributed by atoms with Crippen LogP contribution in [-0.4, -0.2) is 59.3 Å². The number of ether oxygens (including phenoxy) is 2. The van der Waals surface area contributed by atoms with Crippen LogP contribution in [0.2, 0.25) is 5.02 Å². The van der Waals surface area contributed by atoms with Crippen molar-refractivity contribution in [3.8, 4) is 5.69 Å². The molecule has 2 heterocycles. The van der Waals surface area contributed by atoms with E-state index in [1.165, 1.54) is 7.11 Å². The van der Waals surface area contributed by atoms with Crippen molar-refractivity contribution >= 4 is 29.4 Å². The van der Waals surface area contributed by atoms with E-state index in [2.05, 4.69) is 5.10 Å². The molecule has 1 aliphatic heterocycles. The molecule has 3 rings (SSSR count). The number of hydrogen-bond acceptors (Lipinski definition) is 6. The minimum absolute atomic E-state index is 0.183. The lowest BCUT2D eigenvalue weighted by Gasteiger charge is -2.30. The number of aromatic nitrogens is 2. The van der Waals surface area contributed by atoms with Crippen molar-refractivity contribution in [2.75, 3.05) is 26.8 Å². The Bertz CT molecular complexity index is 946. The number of amides is 1. The van der Waals surface area contributed by atoms with E-state index in [-0.39, 0.29) is 24.4 Å². The van der Waals surface area contributed by atoms with Crippen molar-refractivity contribution in [3.05, 3.63) is 46.2 Å². The lowest BCUT2D eigenvalue weighted by molar-refractivity contribution is -0.149. The number of hydrogen-bond donors (Lipinski definition) is 0. The second kappa shape index (κ2) is 9.30. The van der Waals surface area contributed by atoms with E-state index in [0.29, 0.717) is 36.5 Å². The second-order valence-electron chi connectivity index (χ2n) is 7.20. The number of likely N-dealkylation sites (tertiary alicyclic amines) is 1. The highest BCUT2D eigenvalue weighted by Crippen LogP contribution is 2.23. The number of methoxy groups -OCH3 is 1. The smallest absolute Gasteiger partial charge is 0.338 e. The number of carbonyl (C=O) groups is 3. The van der Waals surface area contributed by atoms with Gasteiger partial charge in [-0.2, -0.15) is 5.10 Å². The second-order valence-corrected chi connectivity index (χ2v) is 7.58. The molecule has 0 unspecified atom stereocenters. The van der Waals surface area contributed by atoms with Gasteiger partial charge in [-0.3, -0.25) is 9.59 Å². The molecule has 1 aromatic heterocycles. The maximum absolute atomic E-state index is 12.3. The molecular formula is C21H24ClN3O5. The van der Waals surface area contributed by atoms with E-state index in [1.807, 2.05) is 13.8 Å². The summed E-state index contributed by atoms with van der Waals surface area (Å²) < 4.78 is 11.6. The largest absolute Gasteiger partial charge is 0.469 e. The molecule has 9 heteroatoms. The van der Waals surface area contributed by atoms with Gasteiger partial charge in [0.2, 0.25) is 0 Å². The molecule has 1 saturated heterocycles. The first kappa shape index (κ1) is 21.8. The average molecular weight is 434 g/mol. The average Bonchev–Trinajstić information content (AvgIpc) is 3.04. The number of carbonyl (C=O) groups excluding carboxylic acids is 3. The highest BCUT2D eigenvalue weighted by atomic mass is 35.5. The maximum atomic E-state index is 12.3. The summed E-state index contributed by atoms with van der Waals surface area (Å²) in [6.07, 6.45) is 1.09. The van der Waals surface area contributed by atoms with Crippen molar-refractivity contribution in [2.24, 2.45) is 5.92 Å². The summed E-state index contributed by atoms with van der Waals surface area (Å²) in [5.74, 6) is -1.29. The fourth-order valence-electron chi connectivity index (χ4n) is 3.45. The Hall–Kier alpha value is -2.87. The molecule has 0 N–H and O–H groups in total. The Kier molecular flexibility index (Phi) is 6.77. The van der Waals surface area contributed by atoms with Crippen molar-refractivity contribution in [3.63, 3.8) is 0 Å².